The molecule has 0 bridgehead atoms. The number of fused-ring (bicyclic) bond motifs is 1. The van der Waals surface area contributed by atoms with Crippen LogP contribution in [0.2, 0.25) is 0 Å². The minimum atomic E-state index is 0. The van der Waals surface area contributed by atoms with E-state index in [1.165, 1.54) is 5.56 Å². The van der Waals surface area contributed by atoms with E-state index in [-0.39, 0.29) is 12.4 Å². The van der Waals surface area contributed by atoms with Gasteiger partial charge in [0.1, 0.15) is 5.82 Å². The molecule has 1 aromatic carbocycles. The van der Waals surface area contributed by atoms with Crippen molar-refractivity contribution >= 4 is 23.4 Å². The van der Waals surface area contributed by atoms with Crippen molar-refractivity contribution in [2.75, 3.05) is 13.6 Å². The summed E-state index contributed by atoms with van der Waals surface area (Å²) in [6.07, 6.45) is 2.06. The summed E-state index contributed by atoms with van der Waals surface area (Å²) < 4.78 is 0. The molecular formula is C14H21ClN4. The molecule has 2 unspecified atom stereocenters. The molecule has 19 heavy (non-hydrogen) atoms. The first-order valence-corrected chi connectivity index (χ1v) is 6.55. The molecule has 1 aromatic heterocycles. The predicted octanol–water partition coefficient (Wildman–Crippen LogP) is 2.39. The van der Waals surface area contributed by atoms with Gasteiger partial charge in [-0.25, -0.2) is 4.98 Å². The number of H-pyrrole nitrogens is 1. The molecule has 5 heteroatoms. The number of aryl methyl sites for hydroxylation is 1. The SMILES string of the molecule is Cc1ccc2nc(C3CC(N)CCN3C)[nH]c2c1.Cl. The molecule has 3 rings (SSSR count). The zero-order valence-electron chi connectivity index (χ0n) is 11.4. The molecule has 2 aromatic rings. The predicted molar refractivity (Wildman–Crippen MR) is 80.7 cm³/mol. The van der Waals surface area contributed by atoms with Crippen molar-refractivity contribution in [2.45, 2.75) is 31.8 Å². The van der Waals surface area contributed by atoms with E-state index in [1.54, 1.807) is 0 Å². The van der Waals surface area contributed by atoms with Gasteiger partial charge in [-0.1, -0.05) is 6.07 Å². The van der Waals surface area contributed by atoms with Crippen molar-refractivity contribution in [3.05, 3.63) is 29.6 Å². The average Bonchev–Trinajstić information content (AvgIpc) is 2.74. The number of halogens is 1. The lowest BCUT2D eigenvalue weighted by atomic mass is 9.98. The van der Waals surface area contributed by atoms with Gasteiger partial charge in [0, 0.05) is 12.6 Å². The van der Waals surface area contributed by atoms with Crippen LogP contribution in [-0.4, -0.2) is 34.5 Å². The van der Waals surface area contributed by atoms with E-state index in [9.17, 15) is 0 Å². The average molecular weight is 281 g/mol. The van der Waals surface area contributed by atoms with Crippen molar-refractivity contribution < 1.29 is 0 Å². The zero-order chi connectivity index (χ0) is 12.7. The van der Waals surface area contributed by atoms with Crippen LogP contribution in [0, 0.1) is 6.92 Å². The van der Waals surface area contributed by atoms with Crippen molar-refractivity contribution in [2.24, 2.45) is 5.73 Å². The number of aromatic amines is 1. The Bertz CT molecular complexity index is 566. The lowest BCUT2D eigenvalue weighted by molar-refractivity contribution is 0.165. The summed E-state index contributed by atoms with van der Waals surface area (Å²) in [5.41, 5.74) is 9.50. The van der Waals surface area contributed by atoms with Crippen LogP contribution in [0.3, 0.4) is 0 Å². The van der Waals surface area contributed by atoms with Gasteiger partial charge in [0.15, 0.2) is 0 Å². The number of rotatable bonds is 1. The number of nitrogens with one attached hydrogen (secondary N) is 1. The molecule has 1 fully saturated rings. The lowest BCUT2D eigenvalue weighted by Gasteiger charge is -2.34. The Kier molecular flexibility index (Phi) is 4.13. The van der Waals surface area contributed by atoms with Crippen LogP contribution in [-0.2, 0) is 0 Å². The molecule has 2 heterocycles. The molecule has 1 aliphatic rings. The Balaban J connectivity index is 0.00000133. The fraction of sp³-hybridized carbons (Fsp3) is 0.500. The summed E-state index contributed by atoms with van der Waals surface area (Å²) in [4.78, 5) is 10.5. The highest BCUT2D eigenvalue weighted by molar-refractivity contribution is 5.85. The smallest absolute Gasteiger partial charge is 0.124 e. The van der Waals surface area contributed by atoms with Crippen LogP contribution < -0.4 is 5.73 Å². The fourth-order valence-electron chi connectivity index (χ4n) is 2.73. The maximum atomic E-state index is 6.07. The second-order valence-corrected chi connectivity index (χ2v) is 5.42. The number of hydrogen-bond acceptors (Lipinski definition) is 3. The Labute approximate surface area is 119 Å². The van der Waals surface area contributed by atoms with E-state index in [0.29, 0.717) is 12.1 Å². The number of aromatic nitrogens is 2. The molecule has 0 amide bonds. The first kappa shape index (κ1) is 14.3. The van der Waals surface area contributed by atoms with Crippen LogP contribution in [0.5, 0.6) is 0 Å². The highest BCUT2D eigenvalue weighted by Gasteiger charge is 2.27. The molecular weight excluding hydrogens is 260 g/mol. The third-order valence-electron chi connectivity index (χ3n) is 3.88. The molecule has 4 nitrogen and oxygen atoms in total. The Morgan fingerprint density at radius 2 is 2.21 bits per heavy atom. The van der Waals surface area contributed by atoms with E-state index < -0.39 is 0 Å². The lowest BCUT2D eigenvalue weighted by Crippen LogP contribution is -2.40. The Morgan fingerprint density at radius 3 is 3.00 bits per heavy atom. The number of imidazole rings is 1. The monoisotopic (exact) mass is 280 g/mol. The molecule has 1 aliphatic heterocycles. The van der Waals surface area contributed by atoms with Crippen molar-refractivity contribution in [1.29, 1.82) is 0 Å². The molecule has 0 radical (unpaired) electrons. The molecule has 104 valence electrons. The maximum absolute atomic E-state index is 6.07. The minimum absolute atomic E-state index is 0. The first-order chi connectivity index (χ1) is 8.63. The van der Waals surface area contributed by atoms with Gasteiger partial charge in [-0.05, 0) is 44.5 Å². The normalized spacial score (nSPS) is 24.4. The van der Waals surface area contributed by atoms with Crippen molar-refractivity contribution in [1.82, 2.24) is 14.9 Å². The van der Waals surface area contributed by atoms with E-state index in [0.717, 1.165) is 36.2 Å². The number of hydrogen-bond donors (Lipinski definition) is 2. The summed E-state index contributed by atoms with van der Waals surface area (Å²) >= 11 is 0. The second kappa shape index (κ2) is 5.49. The van der Waals surface area contributed by atoms with Gasteiger partial charge in [-0.2, -0.15) is 0 Å². The van der Waals surface area contributed by atoms with Crippen LogP contribution in [0.4, 0.5) is 0 Å². The zero-order valence-corrected chi connectivity index (χ0v) is 12.2. The van der Waals surface area contributed by atoms with Crippen LogP contribution in [0.25, 0.3) is 11.0 Å². The Morgan fingerprint density at radius 1 is 1.42 bits per heavy atom. The quantitative estimate of drug-likeness (QED) is 0.843. The van der Waals surface area contributed by atoms with Gasteiger partial charge in [0.2, 0.25) is 0 Å². The Hall–Kier alpha value is -1.10. The van der Waals surface area contributed by atoms with Crippen LogP contribution in [0.15, 0.2) is 18.2 Å². The van der Waals surface area contributed by atoms with Gasteiger partial charge < -0.3 is 10.7 Å². The van der Waals surface area contributed by atoms with E-state index in [4.69, 9.17) is 10.7 Å². The molecule has 0 aliphatic carbocycles. The van der Waals surface area contributed by atoms with Crippen molar-refractivity contribution in [3.63, 3.8) is 0 Å². The number of benzene rings is 1. The molecule has 1 saturated heterocycles. The highest BCUT2D eigenvalue weighted by Crippen LogP contribution is 2.28. The summed E-state index contributed by atoms with van der Waals surface area (Å²) in [7, 11) is 2.15. The summed E-state index contributed by atoms with van der Waals surface area (Å²) in [6.45, 7) is 3.14. The van der Waals surface area contributed by atoms with Crippen LogP contribution in [0.1, 0.15) is 30.3 Å². The fourth-order valence-corrected chi connectivity index (χ4v) is 2.73. The second-order valence-electron chi connectivity index (χ2n) is 5.42. The maximum Gasteiger partial charge on any atom is 0.124 e. The molecule has 2 atom stereocenters. The summed E-state index contributed by atoms with van der Waals surface area (Å²) in [5.74, 6) is 1.05. The third kappa shape index (κ3) is 2.76. The highest BCUT2D eigenvalue weighted by atomic mass is 35.5. The van der Waals surface area contributed by atoms with Crippen LogP contribution >= 0.6 is 12.4 Å². The summed E-state index contributed by atoms with van der Waals surface area (Å²) in [6, 6.07) is 6.94. The number of likely N-dealkylation sites (tertiary alicyclic amines) is 1. The van der Waals surface area contributed by atoms with Gasteiger partial charge in [0.05, 0.1) is 17.1 Å². The number of piperidine rings is 1. The third-order valence-corrected chi connectivity index (χ3v) is 3.88. The van der Waals surface area contributed by atoms with E-state index in [2.05, 4.69) is 42.1 Å². The molecule has 3 N–H and O–H groups in total. The molecule has 0 saturated carbocycles. The van der Waals surface area contributed by atoms with Gasteiger partial charge >= 0.3 is 0 Å². The largest absolute Gasteiger partial charge is 0.341 e. The number of nitrogens with two attached hydrogens (primary N) is 1. The van der Waals surface area contributed by atoms with Gasteiger partial charge in [-0.3, -0.25) is 4.90 Å². The van der Waals surface area contributed by atoms with Gasteiger partial charge in [0.25, 0.3) is 0 Å². The summed E-state index contributed by atoms with van der Waals surface area (Å²) in [5, 5.41) is 0. The molecule has 0 spiro atoms. The number of nitrogens with zero attached hydrogens (tertiary/aromatic N) is 2. The topological polar surface area (TPSA) is 57.9 Å². The van der Waals surface area contributed by atoms with E-state index in [1.807, 2.05) is 0 Å². The van der Waals surface area contributed by atoms with E-state index >= 15 is 0 Å². The standard InChI is InChI=1S/C14H20N4.ClH/c1-9-3-4-11-12(7-9)17-14(16-11)13-8-10(15)5-6-18(13)2;/h3-4,7,10,13H,5-6,8,15H2,1-2H3,(H,16,17);1H. The minimum Gasteiger partial charge on any atom is -0.341 e. The van der Waals surface area contributed by atoms with Crippen molar-refractivity contribution in [3.8, 4) is 0 Å². The van der Waals surface area contributed by atoms with Gasteiger partial charge in [-0.15, -0.1) is 12.4 Å². The first-order valence-electron chi connectivity index (χ1n) is 6.55.